The summed E-state index contributed by atoms with van der Waals surface area (Å²) in [6.45, 7) is 2.96. The Kier molecular flexibility index (Phi) is 5.41. The molecule has 0 aliphatic rings. The lowest BCUT2D eigenvalue weighted by Gasteiger charge is -1.95. The average Bonchev–Trinajstić information content (AvgIpc) is 1.80. The van der Waals surface area contributed by atoms with Crippen LogP contribution in [0, 0.1) is 0 Å². The molecule has 0 aliphatic heterocycles. The minimum absolute atomic E-state index is 0.0139. The predicted octanol–water partition coefficient (Wildman–Crippen LogP) is 1.30. The molecule has 0 N–H and O–H groups in total. The smallest absolute Gasteiger partial charge is 0.301 e. The molecule has 0 bridgehead atoms. The first-order valence-corrected chi connectivity index (χ1v) is 3.03. The summed E-state index contributed by atoms with van der Waals surface area (Å²) in [5.41, 5.74) is 0. The molecule has 0 saturated heterocycles. The SMILES string of the molecule is CCOCCCC(=O)F. The van der Waals surface area contributed by atoms with Crippen LogP contribution in [0.4, 0.5) is 4.39 Å². The molecule has 0 aromatic carbocycles. The molecule has 0 unspecified atom stereocenters. The topological polar surface area (TPSA) is 26.3 Å². The van der Waals surface area contributed by atoms with E-state index in [0.29, 0.717) is 19.6 Å². The van der Waals surface area contributed by atoms with Crippen LogP contribution in [-0.2, 0) is 9.53 Å². The lowest BCUT2D eigenvalue weighted by molar-refractivity contribution is -0.129. The average molecular weight is 134 g/mol. The number of halogens is 1. The van der Waals surface area contributed by atoms with E-state index in [1.807, 2.05) is 6.92 Å². The summed E-state index contributed by atoms with van der Waals surface area (Å²) < 4.78 is 16.3. The molecular weight excluding hydrogens is 123 g/mol. The van der Waals surface area contributed by atoms with Crippen LogP contribution in [-0.4, -0.2) is 19.3 Å². The normalized spacial score (nSPS) is 9.56. The molecule has 0 aromatic rings. The van der Waals surface area contributed by atoms with Crippen LogP contribution in [0.25, 0.3) is 0 Å². The molecule has 0 atom stereocenters. The zero-order valence-corrected chi connectivity index (χ0v) is 5.52. The van der Waals surface area contributed by atoms with E-state index in [0.717, 1.165) is 0 Å². The highest BCUT2D eigenvalue weighted by atomic mass is 19.1. The maximum atomic E-state index is 11.4. The van der Waals surface area contributed by atoms with Gasteiger partial charge in [-0.2, -0.15) is 4.39 Å². The third-order valence-electron chi connectivity index (χ3n) is 0.866. The predicted molar refractivity (Wildman–Crippen MR) is 31.8 cm³/mol. The van der Waals surface area contributed by atoms with Crippen LogP contribution in [0.3, 0.4) is 0 Å². The summed E-state index contributed by atoms with van der Waals surface area (Å²) in [6, 6.07) is -1.25. The molecule has 0 saturated carbocycles. The van der Waals surface area contributed by atoms with Crippen LogP contribution in [0.2, 0.25) is 0 Å². The van der Waals surface area contributed by atoms with Gasteiger partial charge in [0, 0.05) is 19.6 Å². The summed E-state index contributed by atoms with van der Waals surface area (Å²) in [4.78, 5) is 9.68. The highest BCUT2D eigenvalue weighted by Gasteiger charge is 1.95. The quantitative estimate of drug-likeness (QED) is 0.418. The monoisotopic (exact) mass is 134 g/mol. The van der Waals surface area contributed by atoms with Crippen molar-refractivity contribution in [2.24, 2.45) is 0 Å². The molecular formula is C6H11FO2. The van der Waals surface area contributed by atoms with Crippen molar-refractivity contribution in [3.63, 3.8) is 0 Å². The van der Waals surface area contributed by atoms with Crippen molar-refractivity contribution in [1.82, 2.24) is 0 Å². The molecule has 2 nitrogen and oxygen atoms in total. The van der Waals surface area contributed by atoms with Crippen LogP contribution in [0.15, 0.2) is 0 Å². The second-order valence-corrected chi connectivity index (χ2v) is 1.66. The zero-order chi connectivity index (χ0) is 7.11. The molecule has 0 aliphatic carbocycles. The van der Waals surface area contributed by atoms with Gasteiger partial charge in [0.1, 0.15) is 0 Å². The Morgan fingerprint density at radius 1 is 1.67 bits per heavy atom. The lowest BCUT2D eigenvalue weighted by atomic mass is 10.3. The van der Waals surface area contributed by atoms with E-state index >= 15 is 0 Å². The Hall–Kier alpha value is -0.440. The van der Waals surface area contributed by atoms with Crippen molar-refractivity contribution in [3.8, 4) is 0 Å². The van der Waals surface area contributed by atoms with Crippen LogP contribution >= 0.6 is 0 Å². The van der Waals surface area contributed by atoms with Crippen molar-refractivity contribution < 1.29 is 13.9 Å². The Bertz CT molecular complexity index is 83.1. The van der Waals surface area contributed by atoms with Gasteiger partial charge >= 0.3 is 6.04 Å². The van der Waals surface area contributed by atoms with Gasteiger partial charge in [0.2, 0.25) is 0 Å². The number of rotatable bonds is 5. The van der Waals surface area contributed by atoms with Crippen LogP contribution < -0.4 is 0 Å². The highest BCUT2D eigenvalue weighted by molar-refractivity contribution is 5.67. The van der Waals surface area contributed by atoms with Crippen LogP contribution in [0.5, 0.6) is 0 Å². The standard InChI is InChI=1S/C6H11FO2/c1-2-9-5-3-4-6(7)8/h2-5H2,1H3. The van der Waals surface area contributed by atoms with E-state index in [-0.39, 0.29) is 6.42 Å². The van der Waals surface area contributed by atoms with Crippen molar-refractivity contribution in [1.29, 1.82) is 0 Å². The number of ether oxygens (including phenoxy) is 1. The minimum atomic E-state index is -1.25. The minimum Gasteiger partial charge on any atom is -0.382 e. The van der Waals surface area contributed by atoms with Gasteiger partial charge in [-0.3, -0.25) is 4.79 Å². The molecule has 9 heavy (non-hydrogen) atoms. The number of hydrogen-bond acceptors (Lipinski definition) is 2. The molecule has 54 valence electrons. The fraction of sp³-hybridized carbons (Fsp3) is 0.833. The van der Waals surface area contributed by atoms with E-state index in [1.54, 1.807) is 0 Å². The van der Waals surface area contributed by atoms with Crippen molar-refractivity contribution in [2.75, 3.05) is 13.2 Å². The van der Waals surface area contributed by atoms with Gasteiger partial charge in [-0.05, 0) is 13.3 Å². The summed E-state index contributed by atoms with van der Waals surface area (Å²) in [5, 5.41) is 0. The second-order valence-electron chi connectivity index (χ2n) is 1.66. The number of carbonyl (C=O) groups is 1. The van der Waals surface area contributed by atoms with Crippen LogP contribution in [0.1, 0.15) is 19.8 Å². The largest absolute Gasteiger partial charge is 0.382 e. The molecule has 0 aromatic heterocycles. The van der Waals surface area contributed by atoms with Crippen molar-refractivity contribution in [3.05, 3.63) is 0 Å². The Morgan fingerprint density at radius 2 is 2.33 bits per heavy atom. The van der Waals surface area contributed by atoms with E-state index in [1.165, 1.54) is 0 Å². The Balaban J connectivity index is 2.83. The zero-order valence-electron chi connectivity index (χ0n) is 5.52. The highest BCUT2D eigenvalue weighted by Crippen LogP contribution is 1.91. The van der Waals surface area contributed by atoms with Gasteiger partial charge in [-0.15, -0.1) is 0 Å². The van der Waals surface area contributed by atoms with E-state index < -0.39 is 6.04 Å². The van der Waals surface area contributed by atoms with Gasteiger partial charge in [0.15, 0.2) is 0 Å². The third-order valence-corrected chi connectivity index (χ3v) is 0.866. The lowest BCUT2D eigenvalue weighted by Crippen LogP contribution is -1.96. The first kappa shape index (κ1) is 8.56. The molecule has 0 heterocycles. The second kappa shape index (κ2) is 5.69. The van der Waals surface area contributed by atoms with Gasteiger partial charge in [0.05, 0.1) is 0 Å². The number of carbonyl (C=O) groups excluding carboxylic acids is 1. The van der Waals surface area contributed by atoms with Crippen molar-refractivity contribution in [2.45, 2.75) is 19.8 Å². The fourth-order valence-corrected chi connectivity index (χ4v) is 0.458. The van der Waals surface area contributed by atoms with Gasteiger partial charge < -0.3 is 4.74 Å². The summed E-state index contributed by atoms with van der Waals surface area (Å²) >= 11 is 0. The fourth-order valence-electron chi connectivity index (χ4n) is 0.458. The molecule has 0 rings (SSSR count). The maximum absolute atomic E-state index is 11.4. The summed E-state index contributed by atoms with van der Waals surface area (Å²) in [7, 11) is 0. The summed E-state index contributed by atoms with van der Waals surface area (Å²) in [6.07, 6.45) is 0.475. The summed E-state index contributed by atoms with van der Waals surface area (Å²) in [5.74, 6) is 0. The number of hydrogen-bond donors (Lipinski definition) is 0. The maximum Gasteiger partial charge on any atom is 0.301 e. The van der Waals surface area contributed by atoms with Gasteiger partial charge in [-0.25, -0.2) is 0 Å². The van der Waals surface area contributed by atoms with E-state index in [9.17, 15) is 9.18 Å². The Morgan fingerprint density at radius 3 is 2.78 bits per heavy atom. The molecule has 0 amide bonds. The first-order chi connectivity index (χ1) is 4.27. The Labute approximate surface area is 54.0 Å². The molecule has 0 radical (unpaired) electrons. The molecule has 0 fully saturated rings. The third kappa shape index (κ3) is 7.56. The van der Waals surface area contributed by atoms with E-state index in [2.05, 4.69) is 0 Å². The first-order valence-electron chi connectivity index (χ1n) is 3.03. The molecule has 3 heteroatoms. The van der Waals surface area contributed by atoms with Gasteiger partial charge in [-0.1, -0.05) is 0 Å². The van der Waals surface area contributed by atoms with E-state index in [4.69, 9.17) is 4.74 Å². The molecule has 0 spiro atoms. The van der Waals surface area contributed by atoms with Gasteiger partial charge in [0.25, 0.3) is 0 Å². The van der Waals surface area contributed by atoms with Crippen molar-refractivity contribution >= 4 is 6.04 Å².